The number of hydrogen-bond donors (Lipinski definition) is 1. The minimum Gasteiger partial charge on any atom is -0.461 e. The summed E-state index contributed by atoms with van der Waals surface area (Å²) in [6, 6.07) is 11.5. The van der Waals surface area contributed by atoms with E-state index in [1.165, 1.54) is 11.8 Å². The third-order valence-corrected chi connectivity index (χ3v) is 5.60. The fourth-order valence-electron chi connectivity index (χ4n) is 3.24. The van der Waals surface area contributed by atoms with E-state index in [1.54, 1.807) is 6.26 Å². The van der Waals surface area contributed by atoms with Gasteiger partial charge in [-0.1, -0.05) is 23.9 Å². The Balaban J connectivity index is 1.41. The lowest BCUT2D eigenvalue weighted by molar-refractivity contribution is -0.113. The van der Waals surface area contributed by atoms with Crippen LogP contribution in [0.3, 0.4) is 0 Å². The van der Waals surface area contributed by atoms with Gasteiger partial charge in [0.25, 0.3) is 0 Å². The van der Waals surface area contributed by atoms with Crippen LogP contribution in [0.2, 0.25) is 0 Å². The SMILES string of the molecule is CCn1c(SCC(=O)Nc2ccccc2N2CCOCC2)nnc1-c1ccco1. The van der Waals surface area contributed by atoms with Crippen LogP contribution >= 0.6 is 11.8 Å². The number of anilines is 2. The van der Waals surface area contributed by atoms with Crippen molar-refractivity contribution in [1.82, 2.24) is 14.8 Å². The lowest BCUT2D eigenvalue weighted by Gasteiger charge is -2.30. The summed E-state index contributed by atoms with van der Waals surface area (Å²) in [4.78, 5) is 14.8. The summed E-state index contributed by atoms with van der Waals surface area (Å²) < 4.78 is 12.8. The van der Waals surface area contributed by atoms with Gasteiger partial charge in [0, 0.05) is 19.6 Å². The first-order valence-corrected chi connectivity index (χ1v) is 10.6. The molecule has 1 aliphatic heterocycles. The van der Waals surface area contributed by atoms with Crippen LogP contribution in [0, 0.1) is 0 Å². The zero-order valence-corrected chi connectivity index (χ0v) is 17.0. The zero-order valence-electron chi connectivity index (χ0n) is 16.2. The average molecular weight is 414 g/mol. The molecule has 152 valence electrons. The Morgan fingerprint density at radius 2 is 2.00 bits per heavy atom. The molecule has 9 heteroatoms. The molecule has 1 N–H and O–H groups in total. The van der Waals surface area contributed by atoms with Crippen LogP contribution in [0.25, 0.3) is 11.6 Å². The van der Waals surface area contributed by atoms with Crippen molar-refractivity contribution in [3.8, 4) is 11.6 Å². The number of amides is 1. The largest absolute Gasteiger partial charge is 0.461 e. The molecule has 4 rings (SSSR count). The number of aromatic nitrogens is 3. The van der Waals surface area contributed by atoms with Crippen LogP contribution in [0.1, 0.15) is 6.92 Å². The number of ether oxygens (including phenoxy) is 1. The van der Waals surface area contributed by atoms with Gasteiger partial charge in [-0.15, -0.1) is 10.2 Å². The van der Waals surface area contributed by atoms with E-state index in [-0.39, 0.29) is 11.7 Å². The molecule has 29 heavy (non-hydrogen) atoms. The number of carbonyl (C=O) groups is 1. The van der Waals surface area contributed by atoms with Gasteiger partial charge in [-0.2, -0.15) is 0 Å². The first-order valence-electron chi connectivity index (χ1n) is 9.57. The lowest BCUT2D eigenvalue weighted by Crippen LogP contribution is -2.36. The highest BCUT2D eigenvalue weighted by Gasteiger charge is 2.18. The minimum atomic E-state index is -0.0825. The molecule has 0 aliphatic carbocycles. The summed E-state index contributed by atoms with van der Waals surface area (Å²) in [6.07, 6.45) is 1.61. The maximum atomic E-state index is 12.6. The van der Waals surface area contributed by atoms with E-state index in [0.29, 0.717) is 36.5 Å². The van der Waals surface area contributed by atoms with Crippen LogP contribution in [0.5, 0.6) is 0 Å². The Hall–Kier alpha value is -2.78. The second-order valence-electron chi connectivity index (χ2n) is 6.48. The van der Waals surface area contributed by atoms with E-state index in [0.717, 1.165) is 24.5 Å². The molecule has 0 unspecified atom stereocenters. The summed E-state index contributed by atoms with van der Waals surface area (Å²) in [6.45, 7) is 5.73. The minimum absolute atomic E-state index is 0.0825. The molecule has 1 fully saturated rings. The number of nitrogens with zero attached hydrogens (tertiary/aromatic N) is 4. The number of thioether (sulfide) groups is 1. The number of para-hydroxylation sites is 2. The first kappa shape index (κ1) is 19.5. The number of carbonyl (C=O) groups excluding carboxylic acids is 1. The quantitative estimate of drug-likeness (QED) is 0.596. The monoisotopic (exact) mass is 413 g/mol. The van der Waals surface area contributed by atoms with Gasteiger partial charge in [0.05, 0.1) is 36.6 Å². The molecule has 0 spiro atoms. The number of benzene rings is 1. The molecule has 1 aromatic carbocycles. The fourth-order valence-corrected chi connectivity index (χ4v) is 4.05. The molecule has 1 aliphatic rings. The molecule has 3 heterocycles. The van der Waals surface area contributed by atoms with Gasteiger partial charge in [0.1, 0.15) is 0 Å². The number of rotatable bonds is 7. The smallest absolute Gasteiger partial charge is 0.234 e. The van der Waals surface area contributed by atoms with Crippen molar-refractivity contribution in [3.05, 3.63) is 42.7 Å². The summed E-state index contributed by atoms with van der Waals surface area (Å²) in [5, 5.41) is 12.2. The fraction of sp³-hybridized carbons (Fsp3) is 0.350. The van der Waals surface area contributed by atoms with Gasteiger partial charge in [-0.05, 0) is 31.2 Å². The Morgan fingerprint density at radius 1 is 1.17 bits per heavy atom. The van der Waals surface area contributed by atoms with E-state index >= 15 is 0 Å². The van der Waals surface area contributed by atoms with Gasteiger partial charge < -0.3 is 19.4 Å². The highest BCUT2D eigenvalue weighted by molar-refractivity contribution is 7.99. The third kappa shape index (κ3) is 4.46. The van der Waals surface area contributed by atoms with Gasteiger partial charge in [0.2, 0.25) is 5.91 Å². The maximum absolute atomic E-state index is 12.6. The zero-order chi connectivity index (χ0) is 20.1. The molecular weight excluding hydrogens is 390 g/mol. The number of hydrogen-bond acceptors (Lipinski definition) is 7. The van der Waals surface area contributed by atoms with Crippen LogP contribution in [-0.4, -0.2) is 52.7 Å². The Bertz CT molecular complexity index is 951. The lowest BCUT2D eigenvalue weighted by atomic mass is 10.2. The second kappa shape index (κ2) is 9.15. The van der Waals surface area contributed by atoms with Gasteiger partial charge in [0.15, 0.2) is 16.7 Å². The van der Waals surface area contributed by atoms with Gasteiger partial charge in [-0.25, -0.2) is 0 Å². The normalized spacial score (nSPS) is 14.2. The van der Waals surface area contributed by atoms with Gasteiger partial charge in [-0.3, -0.25) is 9.36 Å². The highest BCUT2D eigenvalue weighted by Crippen LogP contribution is 2.28. The molecule has 0 bridgehead atoms. The molecule has 1 saturated heterocycles. The van der Waals surface area contributed by atoms with E-state index < -0.39 is 0 Å². The Morgan fingerprint density at radius 3 is 2.76 bits per heavy atom. The van der Waals surface area contributed by atoms with E-state index in [1.807, 2.05) is 47.9 Å². The van der Waals surface area contributed by atoms with Crippen molar-refractivity contribution in [2.24, 2.45) is 0 Å². The van der Waals surface area contributed by atoms with Gasteiger partial charge >= 0.3 is 0 Å². The predicted molar refractivity (Wildman–Crippen MR) is 112 cm³/mol. The van der Waals surface area contributed by atoms with Crippen LogP contribution in [0.4, 0.5) is 11.4 Å². The van der Waals surface area contributed by atoms with Crippen LogP contribution in [0.15, 0.2) is 52.2 Å². The van der Waals surface area contributed by atoms with E-state index in [4.69, 9.17) is 9.15 Å². The second-order valence-corrected chi connectivity index (χ2v) is 7.42. The highest BCUT2D eigenvalue weighted by atomic mass is 32.2. The Labute approximate surface area is 173 Å². The maximum Gasteiger partial charge on any atom is 0.234 e. The Kier molecular flexibility index (Phi) is 6.16. The van der Waals surface area contributed by atoms with Crippen molar-refractivity contribution in [2.45, 2.75) is 18.6 Å². The van der Waals surface area contributed by atoms with E-state index in [2.05, 4.69) is 20.4 Å². The number of furan rings is 1. The van der Waals surface area contributed by atoms with E-state index in [9.17, 15) is 4.79 Å². The van der Waals surface area contributed by atoms with Crippen molar-refractivity contribution in [1.29, 1.82) is 0 Å². The molecular formula is C20H23N5O3S. The summed E-state index contributed by atoms with van der Waals surface area (Å²) in [7, 11) is 0. The summed E-state index contributed by atoms with van der Waals surface area (Å²) in [5.41, 5.74) is 1.83. The summed E-state index contributed by atoms with van der Waals surface area (Å²) >= 11 is 1.36. The predicted octanol–water partition coefficient (Wildman–Crippen LogP) is 3.13. The standard InChI is InChI=1S/C20H23N5O3S/c1-2-25-19(17-8-5-11-28-17)22-23-20(25)29-14-18(26)21-15-6-3-4-7-16(15)24-9-12-27-13-10-24/h3-8,11H,2,9-10,12-14H2,1H3,(H,21,26). The topological polar surface area (TPSA) is 85.4 Å². The third-order valence-electron chi connectivity index (χ3n) is 4.64. The molecule has 0 atom stereocenters. The molecule has 2 aromatic heterocycles. The molecule has 8 nitrogen and oxygen atoms in total. The van der Waals surface area contributed by atoms with Crippen molar-refractivity contribution in [2.75, 3.05) is 42.3 Å². The molecule has 0 saturated carbocycles. The molecule has 3 aromatic rings. The van der Waals surface area contributed by atoms with Crippen LogP contribution in [-0.2, 0) is 16.1 Å². The van der Waals surface area contributed by atoms with Crippen molar-refractivity contribution >= 4 is 29.0 Å². The molecule has 0 radical (unpaired) electrons. The molecule has 1 amide bonds. The summed E-state index contributed by atoms with van der Waals surface area (Å²) in [5.74, 6) is 1.49. The van der Waals surface area contributed by atoms with Crippen molar-refractivity contribution < 1.29 is 13.9 Å². The van der Waals surface area contributed by atoms with Crippen molar-refractivity contribution in [3.63, 3.8) is 0 Å². The average Bonchev–Trinajstić information content (AvgIpc) is 3.42. The first-order chi connectivity index (χ1) is 14.3. The number of nitrogens with one attached hydrogen (secondary N) is 1. The van der Waals surface area contributed by atoms with Crippen LogP contribution < -0.4 is 10.2 Å². The number of morpholine rings is 1.